The second-order valence-corrected chi connectivity index (χ2v) is 8.33. The summed E-state index contributed by atoms with van der Waals surface area (Å²) >= 11 is 0. The largest absolute Gasteiger partial charge is 0.487 e. The van der Waals surface area contributed by atoms with E-state index in [0.29, 0.717) is 23.6 Å². The first-order valence-corrected chi connectivity index (χ1v) is 10.9. The molecule has 7 heteroatoms. The second-order valence-electron chi connectivity index (χ2n) is 8.33. The zero-order chi connectivity index (χ0) is 23.5. The van der Waals surface area contributed by atoms with Gasteiger partial charge < -0.3 is 4.74 Å². The zero-order valence-corrected chi connectivity index (χ0v) is 19.5. The molecule has 0 saturated carbocycles. The Morgan fingerprint density at radius 2 is 1.73 bits per heavy atom. The molecule has 0 amide bonds. The number of ether oxygens (including phenoxy) is 1. The first-order valence-electron chi connectivity index (χ1n) is 10.9. The lowest BCUT2D eigenvalue weighted by Crippen LogP contribution is -2.23. The minimum Gasteiger partial charge on any atom is -0.487 e. The molecule has 0 spiro atoms. The third-order valence-corrected chi connectivity index (χ3v) is 5.36. The first-order chi connectivity index (χ1) is 15.8. The molecule has 0 aliphatic heterocycles. The average Bonchev–Trinajstić information content (AvgIpc) is 2.81. The van der Waals surface area contributed by atoms with E-state index in [9.17, 15) is 4.79 Å². The van der Waals surface area contributed by atoms with Crippen LogP contribution in [0.15, 0.2) is 59.7 Å². The summed E-state index contributed by atoms with van der Waals surface area (Å²) < 4.78 is 7.62. The van der Waals surface area contributed by atoms with Gasteiger partial charge in [0.2, 0.25) is 0 Å². The molecule has 0 aliphatic rings. The van der Waals surface area contributed by atoms with E-state index in [2.05, 4.69) is 19.9 Å². The molecule has 0 unspecified atom stereocenters. The molecule has 0 aliphatic carbocycles. The molecule has 4 aromatic heterocycles. The van der Waals surface area contributed by atoms with Gasteiger partial charge in [0.15, 0.2) is 0 Å². The quantitative estimate of drug-likeness (QED) is 0.431. The van der Waals surface area contributed by atoms with Crippen molar-refractivity contribution in [1.29, 1.82) is 0 Å². The third kappa shape index (κ3) is 4.82. The molecule has 0 radical (unpaired) electrons. The van der Waals surface area contributed by atoms with Crippen LogP contribution < -0.4 is 10.3 Å². The Balaban J connectivity index is 1.67. The fourth-order valence-corrected chi connectivity index (χ4v) is 3.59. The van der Waals surface area contributed by atoms with Crippen LogP contribution >= 0.6 is 0 Å². The van der Waals surface area contributed by atoms with E-state index in [-0.39, 0.29) is 11.5 Å². The number of aryl methyl sites for hydroxylation is 2. The summed E-state index contributed by atoms with van der Waals surface area (Å²) in [5, 5.41) is 0. The Morgan fingerprint density at radius 3 is 2.48 bits per heavy atom. The summed E-state index contributed by atoms with van der Waals surface area (Å²) in [7, 11) is 0. The fourth-order valence-electron chi connectivity index (χ4n) is 3.59. The van der Waals surface area contributed by atoms with Gasteiger partial charge in [0.05, 0.1) is 28.3 Å². The predicted molar refractivity (Wildman–Crippen MR) is 128 cm³/mol. The van der Waals surface area contributed by atoms with Crippen LogP contribution in [0.3, 0.4) is 0 Å². The molecule has 4 aromatic rings. The highest BCUT2D eigenvalue weighted by Crippen LogP contribution is 2.23. The van der Waals surface area contributed by atoms with Crippen molar-refractivity contribution in [2.45, 2.75) is 47.1 Å². The van der Waals surface area contributed by atoms with Gasteiger partial charge in [-0.2, -0.15) is 0 Å². The summed E-state index contributed by atoms with van der Waals surface area (Å²) in [6, 6.07) is 13.2. The smallest absolute Gasteiger partial charge is 0.261 e. The van der Waals surface area contributed by atoms with Gasteiger partial charge >= 0.3 is 0 Å². The van der Waals surface area contributed by atoms with Crippen LogP contribution in [0.25, 0.3) is 17.1 Å². The highest BCUT2D eigenvalue weighted by atomic mass is 16.5. The van der Waals surface area contributed by atoms with Gasteiger partial charge in [-0.15, -0.1) is 0 Å². The standard InChI is InChI=1S/C26H27N5O2/c1-16(2)25-28-12-10-22(30-25)23-14-21(9-11-27-23)31-18(4)13-24(19(5)26(31)32)33-15-20-8-6-7-17(3)29-20/h6-14,16H,15H2,1-5H3. The minimum absolute atomic E-state index is 0.134. The van der Waals surface area contributed by atoms with Gasteiger partial charge in [0.25, 0.3) is 5.56 Å². The minimum atomic E-state index is -0.134. The molecule has 7 nitrogen and oxygen atoms in total. The van der Waals surface area contributed by atoms with Crippen LogP contribution in [0.4, 0.5) is 0 Å². The van der Waals surface area contributed by atoms with Crippen molar-refractivity contribution in [3.63, 3.8) is 0 Å². The number of pyridine rings is 3. The maximum absolute atomic E-state index is 13.3. The highest BCUT2D eigenvalue weighted by Gasteiger charge is 2.14. The maximum Gasteiger partial charge on any atom is 0.261 e. The van der Waals surface area contributed by atoms with Crippen molar-refractivity contribution in [2.24, 2.45) is 0 Å². The number of rotatable bonds is 6. The Morgan fingerprint density at radius 1 is 0.939 bits per heavy atom. The normalized spacial score (nSPS) is 11.1. The maximum atomic E-state index is 13.3. The first kappa shape index (κ1) is 22.3. The monoisotopic (exact) mass is 441 g/mol. The molecule has 4 rings (SSSR count). The van der Waals surface area contributed by atoms with Crippen LogP contribution in [0.2, 0.25) is 0 Å². The van der Waals surface area contributed by atoms with Crippen molar-refractivity contribution in [2.75, 3.05) is 0 Å². The molecular weight excluding hydrogens is 414 g/mol. The Kier molecular flexibility index (Phi) is 6.31. The lowest BCUT2D eigenvalue weighted by Gasteiger charge is -2.16. The van der Waals surface area contributed by atoms with E-state index in [1.165, 1.54) is 0 Å². The van der Waals surface area contributed by atoms with E-state index < -0.39 is 0 Å². The van der Waals surface area contributed by atoms with E-state index in [1.807, 2.05) is 70.2 Å². The molecule has 0 atom stereocenters. The average molecular weight is 442 g/mol. The van der Waals surface area contributed by atoms with E-state index in [0.717, 1.165) is 34.3 Å². The van der Waals surface area contributed by atoms with Gasteiger partial charge in [-0.1, -0.05) is 19.9 Å². The Hall–Kier alpha value is -3.87. The number of aromatic nitrogens is 5. The fraction of sp³-hybridized carbons (Fsp3) is 0.269. The molecule has 0 aromatic carbocycles. The molecule has 33 heavy (non-hydrogen) atoms. The van der Waals surface area contributed by atoms with Gasteiger partial charge in [-0.05, 0) is 51.1 Å². The Labute approximate surface area is 193 Å². The van der Waals surface area contributed by atoms with E-state index in [4.69, 9.17) is 4.74 Å². The van der Waals surface area contributed by atoms with Crippen molar-refractivity contribution in [3.05, 3.63) is 93.7 Å². The molecule has 0 N–H and O–H groups in total. The van der Waals surface area contributed by atoms with Crippen LogP contribution in [0.1, 0.15) is 48.2 Å². The van der Waals surface area contributed by atoms with E-state index >= 15 is 0 Å². The van der Waals surface area contributed by atoms with Crippen LogP contribution in [-0.2, 0) is 6.61 Å². The molecule has 0 bridgehead atoms. The number of hydrogen-bond donors (Lipinski definition) is 0. The molecule has 0 fully saturated rings. The van der Waals surface area contributed by atoms with Crippen LogP contribution in [-0.4, -0.2) is 24.5 Å². The molecular formula is C26H27N5O2. The third-order valence-electron chi connectivity index (χ3n) is 5.36. The summed E-state index contributed by atoms with van der Waals surface area (Å²) in [6.45, 7) is 10.0. The van der Waals surface area contributed by atoms with Gasteiger partial charge in [0, 0.05) is 35.8 Å². The Bertz CT molecular complexity index is 1360. The van der Waals surface area contributed by atoms with Crippen LogP contribution in [0, 0.1) is 20.8 Å². The molecule has 4 heterocycles. The number of nitrogens with zero attached hydrogens (tertiary/aromatic N) is 5. The van der Waals surface area contributed by atoms with Crippen molar-refractivity contribution >= 4 is 0 Å². The van der Waals surface area contributed by atoms with Gasteiger partial charge in [0.1, 0.15) is 18.2 Å². The SMILES string of the molecule is Cc1cccc(COc2cc(C)n(-c3ccnc(-c4ccnc(C(C)C)n4)c3)c(=O)c2C)n1. The van der Waals surface area contributed by atoms with Crippen molar-refractivity contribution in [3.8, 4) is 22.8 Å². The summed E-state index contributed by atoms with van der Waals surface area (Å²) in [6.07, 6.45) is 3.43. The summed E-state index contributed by atoms with van der Waals surface area (Å²) in [5.74, 6) is 1.53. The summed E-state index contributed by atoms with van der Waals surface area (Å²) in [5.41, 5.74) is 5.05. The molecule has 168 valence electrons. The number of hydrogen-bond acceptors (Lipinski definition) is 6. The topological polar surface area (TPSA) is 82.8 Å². The van der Waals surface area contributed by atoms with Crippen molar-refractivity contribution in [1.82, 2.24) is 24.5 Å². The van der Waals surface area contributed by atoms with Crippen molar-refractivity contribution < 1.29 is 4.74 Å². The predicted octanol–water partition coefficient (Wildman–Crippen LogP) is 4.71. The second kappa shape index (κ2) is 9.32. The lowest BCUT2D eigenvalue weighted by molar-refractivity contribution is 0.297. The highest BCUT2D eigenvalue weighted by molar-refractivity contribution is 5.57. The summed E-state index contributed by atoms with van der Waals surface area (Å²) in [4.78, 5) is 31.2. The van der Waals surface area contributed by atoms with Gasteiger partial charge in [-0.3, -0.25) is 19.3 Å². The zero-order valence-electron chi connectivity index (χ0n) is 19.5. The lowest BCUT2D eigenvalue weighted by atomic mass is 10.2. The van der Waals surface area contributed by atoms with E-state index in [1.54, 1.807) is 23.9 Å². The van der Waals surface area contributed by atoms with Crippen LogP contribution in [0.5, 0.6) is 5.75 Å². The molecule has 0 saturated heterocycles. The van der Waals surface area contributed by atoms with Gasteiger partial charge in [-0.25, -0.2) is 9.97 Å².